The monoisotopic (exact) mass is 435 g/mol. The molecule has 1 saturated heterocycles. The van der Waals surface area contributed by atoms with Crippen molar-refractivity contribution < 1.29 is 9.63 Å². The second-order valence-electron chi connectivity index (χ2n) is 7.80. The van der Waals surface area contributed by atoms with Crippen LogP contribution in [0.4, 0.5) is 5.95 Å². The average molecular weight is 436 g/mol. The number of fused-ring (bicyclic) bond motifs is 1. The maximum atomic E-state index is 12.9. The quantitative estimate of drug-likeness (QED) is 0.628. The van der Waals surface area contributed by atoms with Gasteiger partial charge < -0.3 is 14.6 Å². The molecule has 3 aromatic rings. The molecule has 31 heavy (non-hydrogen) atoms. The van der Waals surface area contributed by atoms with E-state index in [2.05, 4.69) is 20.0 Å². The highest BCUT2D eigenvalue weighted by atomic mass is 35.5. The molecule has 1 aromatic heterocycles. The predicted molar refractivity (Wildman–Crippen MR) is 120 cm³/mol. The van der Waals surface area contributed by atoms with Crippen molar-refractivity contribution in [2.75, 3.05) is 31.1 Å². The normalized spacial score (nSPS) is 18.7. The van der Waals surface area contributed by atoms with Crippen LogP contribution >= 0.6 is 11.6 Å². The summed E-state index contributed by atoms with van der Waals surface area (Å²) in [6.45, 7) is 2.59. The molecule has 7 nitrogen and oxygen atoms in total. The van der Waals surface area contributed by atoms with Crippen molar-refractivity contribution in [3.8, 4) is 0 Å². The van der Waals surface area contributed by atoms with Crippen LogP contribution in [0, 0.1) is 0 Å². The fourth-order valence-corrected chi connectivity index (χ4v) is 4.20. The molecule has 2 aromatic carbocycles. The minimum Gasteiger partial charge on any atom is -0.382 e. The molecule has 5 rings (SSSR count). The molecule has 0 saturated carbocycles. The van der Waals surface area contributed by atoms with Gasteiger partial charge in [0.1, 0.15) is 0 Å². The van der Waals surface area contributed by atoms with Gasteiger partial charge in [0, 0.05) is 55.6 Å². The zero-order valence-electron chi connectivity index (χ0n) is 16.9. The first-order chi connectivity index (χ1) is 15.2. The van der Waals surface area contributed by atoms with E-state index < -0.39 is 6.10 Å². The van der Waals surface area contributed by atoms with Gasteiger partial charge in [-0.1, -0.05) is 47.1 Å². The lowest BCUT2D eigenvalue weighted by molar-refractivity contribution is -0.142. The molecule has 1 fully saturated rings. The number of nitrogens with zero attached hydrogens (tertiary/aromatic N) is 5. The zero-order chi connectivity index (χ0) is 21.2. The van der Waals surface area contributed by atoms with Crippen molar-refractivity contribution in [3.63, 3.8) is 0 Å². The van der Waals surface area contributed by atoms with Crippen LogP contribution in [0.2, 0.25) is 5.02 Å². The second-order valence-corrected chi connectivity index (χ2v) is 8.24. The highest BCUT2D eigenvalue weighted by Gasteiger charge is 2.33. The van der Waals surface area contributed by atoms with Gasteiger partial charge in [0.25, 0.3) is 5.91 Å². The number of aromatic nitrogens is 2. The first kappa shape index (κ1) is 19.8. The van der Waals surface area contributed by atoms with Crippen molar-refractivity contribution in [1.29, 1.82) is 0 Å². The van der Waals surface area contributed by atoms with Crippen molar-refractivity contribution >= 4 is 40.1 Å². The molecule has 0 aliphatic carbocycles. The van der Waals surface area contributed by atoms with E-state index in [1.54, 1.807) is 0 Å². The number of carbonyl (C=O) groups is 1. The zero-order valence-corrected chi connectivity index (χ0v) is 17.7. The van der Waals surface area contributed by atoms with Gasteiger partial charge in [-0.3, -0.25) is 4.79 Å². The Morgan fingerprint density at radius 1 is 1.10 bits per heavy atom. The fourth-order valence-electron chi connectivity index (χ4n) is 3.99. The Balaban J connectivity index is 1.16. The molecule has 3 heterocycles. The SMILES string of the molecule is O=C(C1CC(Cc2cccc(Cl)c2)=NO1)N1CCN(c2ncc3ccccc3n2)CC1. The number of anilines is 1. The van der Waals surface area contributed by atoms with Gasteiger partial charge in [-0.2, -0.15) is 0 Å². The first-order valence-corrected chi connectivity index (χ1v) is 10.7. The minimum atomic E-state index is -0.544. The predicted octanol–water partition coefficient (Wildman–Crippen LogP) is 3.32. The minimum absolute atomic E-state index is 0.0103. The Bertz CT molecular complexity index is 1140. The van der Waals surface area contributed by atoms with Crippen LogP contribution in [0.15, 0.2) is 59.9 Å². The van der Waals surface area contributed by atoms with Crippen LogP contribution in [0.1, 0.15) is 12.0 Å². The van der Waals surface area contributed by atoms with E-state index >= 15 is 0 Å². The summed E-state index contributed by atoms with van der Waals surface area (Å²) in [4.78, 5) is 31.5. The summed E-state index contributed by atoms with van der Waals surface area (Å²) in [5.74, 6) is 0.694. The maximum absolute atomic E-state index is 12.9. The van der Waals surface area contributed by atoms with E-state index in [-0.39, 0.29) is 5.91 Å². The van der Waals surface area contributed by atoms with Crippen LogP contribution in [0.25, 0.3) is 10.9 Å². The van der Waals surface area contributed by atoms with Crippen LogP contribution < -0.4 is 4.90 Å². The van der Waals surface area contributed by atoms with E-state index in [9.17, 15) is 4.79 Å². The lowest BCUT2D eigenvalue weighted by atomic mass is 10.0. The number of oxime groups is 1. The van der Waals surface area contributed by atoms with E-state index in [4.69, 9.17) is 16.4 Å². The summed E-state index contributed by atoms with van der Waals surface area (Å²) >= 11 is 6.05. The number of para-hydroxylation sites is 1. The first-order valence-electron chi connectivity index (χ1n) is 10.4. The number of hydrogen-bond donors (Lipinski definition) is 0. The molecular weight excluding hydrogens is 414 g/mol. The summed E-state index contributed by atoms with van der Waals surface area (Å²) < 4.78 is 0. The number of benzene rings is 2. The van der Waals surface area contributed by atoms with E-state index in [1.165, 1.54) is 0 Å². The topological polar surface area (TPSA) is 70.9 Å². The lowest BCUT2D eigenvalue weighted by Gasteiger charge is -2.35. The largest absolute Gasteiger partial charge is 0.382 e. The van der Waals surface area contributed by atoms with Gasteiger partial charge >= 0.3 is 0 Å². The van der Waals surface area contributed by atoms with Crippen molar-refractivity contribution in [2.45, 2.75) is 18.9 Å². The highest BCUT2D eigenvalue weighted by molar-refractivity contribution is 6.30. The molecule has 2 aliphatic rings. The second kappa shape index (κ2) is 8.51. The van der Waals surface area contributed by atoms with Gasteiger partial charge in [0.05, 0.1) is 11.2 Å². The molecule has 0 radical (unpaired) electrons. The van der Waals surface area contributed by atoms with Crippen molar-refractivity contribution in [1.82, 2.24) is 14.9 Å². The van der Waals surface area contributed by atoms with Gasteiger partial charge in [-0.25, -0.2) is 9.97 Å². The van der Waals surface area contributed by atoms with Crippen molar-refractivity contribution in [2.24, 2.45) is 5.16 Å². The fraction of sp³-hybridized carbons (Fsp3) is 0.304. The molecule has 1 amide bonds. The molecule has 8 heteroatoms. The van der Waals surface area contributed by atoms with Gasteiger partial charge in [-0.15, -0.1) is 0 Å². The van der Waals surface area contributed by atoms with Crippen LogP contribution in [0.5, 0.6) is 0 Å². The smallest absolute Gasteiger partial charge is 0.267 e. The molecule has 0 bridgehead atoms. The number of carbonyl (C=O) groups excluding carboxylic acids is 1. The summed E-state index contributed by atoms with van der Waals surface area (Å²) in [6.07, 6.45) is 2.45. The Morgan fingerprint density at radius 2 is 1.94 bits per heavy atom. The number of piperazine rings is 1. The molecule has 2 aliphatic heterocycles. The third-order valence-electron chi connectivity index (χ3n) is 5.65. The molecule has 1 atom stereocenters. The Hall–Kier alpha value is -3.19. The maximum Gasteiger partial charge on any atom is 0.267 e. The lowest BCUT2D eigenvalue weighted by Crippen LogP contribution is -2.52. The number of halogens is 1. The third-order valence-corrected chi connectivity index (χ3v) is 5.89. The van der Waals surface area contributed by atoms with Crippen molar-refractivity contribution in [3.05, 3.63) is 65.3 Å². The number of rotatable bonds is 4. The van der Waals surface area contributed by atoms with E-state index in [0.717, 1.165) is 22.2 Å². The number of hydrogen-bond acceptors (Lipinski definition) is 6. The molecule has 158 valence electrons. The van der Waals surface area contributed by atoms with Crippen LogP contribution in [-0.2, 0) is 16.1 Å². The summed E-state index contributed by atoms with van der Waals surface area (Å²) in [7, 11) is 0. The molecule has 0 spiro atoms. The summed E-state index contributed by atoms with van der Waals surface area (Å²) in [6, 6.07) is 15.6. The standard InChI is InChI=1S/C23H22ClN5O2/c24-18-6-3-4-16(12-18)13-19-14-21(31-27-19)22(30)28-8-10-29(11-9-28)23-25-15-17-5-1-2-7-20(17)26-23/h1-7,12,15,21H,8-11,13-14H2. The third kappa shape index (κ3) is 4.32. The number of amides is 1. The highest BCUT2D eigenvalue weighted by Crippen LogP contribution is 2.20. The van der Waals surface area contributed by atoms with E-state index in [0.29, 0.717) is 50.0 Å². The Kier molecular flexibility index (Phi) is 5.42. The van der Waals surface area contributed by atoms with Gasteiger partial charge in [0.2, 0.25) is 12.1 Å². The van der Waals surface area contributed by atoms with Gasteiger partial charge in [-0.05, 0) is 23.8 Å². The molecule has 0 N–H and O–H groups in total. The van der Waals surface area contributed by atoms with Crippen LogP contribution in [-0.4, -0.2) is 58.8 Å². The average Bonchev–Trinajstić information content (AvgIpc) is 3.27. The van der Waals surface area contributed by atoms with Crippen LogP contribution in [0.3, 0.4) is 0 Å². The van der Waals surface area contributed by atoms with Gasteiger partial charge in [0.15, 0.2) is 0 Å². The Morgan fingerprint density at radius 3 is 2.77 bits per heavy atom. The Labute approximate surface area is 185 Å². The summed E-state index contributed by atoms with van der Waals surface area (Å²) in [5.41, 5.74) is 2.85. The van der Waals surface area contributed by atoms with E-state index in [1.807, 2.05) is 59.6 Å². The molecule has 1 unspecified atom stereocenters. The summed E-state index contributed by atoms with van der Waals surface area (Å²) in [5, 5.41) is 5.86. The molecular formula is C23H22ClN5O2.